The third-order valence-corrected chi connectivity index (χ3v) is 3.92. The summed E-state index contributed by atoms with van der Waals surface area (Å²) in [5, 5.41) is 7.27. The first-order valence-corrected chi connectivity index (χ1v) is 7.71. The molecule has 1 amide bonds. The molecule has 2 heterocycles. The number of para-hydroxylation sites is 1. The second-order valence-electron chi connectivity index (χ2n) is 5.67. The highest BCUT2D eigenvalue weighted by molar-refractivity contribution is 5.76. The Morgan fingerprint density at radius 2 is 2.32 bits per heavy atom. The summed E-state index contributed by atoms with van der Waals surface area (Å²) in [6.07, 6.45) is 6.80. The van der Waals surface area contributed by atoms with Crippen molar-refractivity contribution >= 4 is 5.91 Å². The lowest BCUT2D eigenvalue weighted by Crippen LogP contribution is -2.28. The molecule has 0 spiro atoms. The number of fused-ring (bicyclic) bond motifs is 1. The summed E-state index contributed by atoms with van der Waals surface area (Å²) in [5.41, 5.74) is 2.16. The Hall–Kier alpha value is -2.30. The monoisotopic (exact) mass is 299 g/mol. The predicted molar refractivity (Wildman–Crippen MR) is 83.6 cm³/mol. The van der Waals surface area contributed by atoms with Gasteiger partial charge in [-0.1, -0.05) is 18.2 Å². The van der Waals surface area contributed by atoms with Crippen LogP contribution in [-0.4, -0.2) is 22.3 Å². The number of carbonyl (C=O) groups excluding carboxylic acids is 1. The number of hydrogen-bond donors (Lipinski definition) is 1. The highest BCUT2D eigenvalue weighted by Crippen LogP contribution is 2.31. The highest BCUT2D eigenvalue weighted by atomic mass is 16.5. The lowest BCUT2D eigenvalue weighted by molar-refractivity contribution is -0.121. The van der Waals surface area contributed by atoms with E-state index in [0.29, 0.717) is 19.4 Å². The summed E-state index contributed by atoms with van der Waals surface area (Å²) in [6.45, 7) is 0.707. The lowest BCUT2D eigenvalue weighted by Gasteiger charge is -2.18. The Morgan fingerprint density at radius 1 is 1.45 bits per heavy atom. The summed E-state index contributed by atoms with van der Waals surface area (Å²) in [5.74, 6) is 0.961. The zero-order valence-electron chi connectivity index (χ0n) is 12.8. The molecule has 0 saturated carbocycles. The molecule has 3 rings (SSSR count). The minimum atomic E-state index is 0.0418. The van der Waals surface area contributed by atoms with Gasteiger partial charge in [0, 0.05) is 25.2 Å². The van der Waals surface area contributed by atoms with E-state index in [-0.39, 0.29) is 11.9 Å². The molecule has 0 saturated heterocycles. The zero-order chi connectivity index (χ0) is 15.4. The molecule has 1 aliphatic heterocycles. The molecule has 0 fully saturated rings. The molecule has 5 nitrogen and oxygen atoms in total. The molecule has 116 valence electrons. The number of carbonyl (C=O) groups is 1. The van der Waals surface area contributed by atoms with Crippen molar-refractivity contribution in [2.24, 2.45) is 7.05 Å². The minimum absolute atomic E-state index is 0.0418. The Bertz CT molecular complexity index is 651. The van der Waals surface area contributed by atoms with Gasteiger partial charge in [0.05, 0.1) is 18.8 Å². The summed E-state index contributed by atoms with van der Waals surface area (Å²) >= 11 is 0. The molecule has 1 atom stereocenters. The topological polar surface area (TPSA) is 56.2 Å². The van der Waals surface area contributed by atoms with Crippen LogP contribution in [0.4, 0.5) is 0 Å². The maximum absolute atomic E-state index is 12.2. The molecule has 0 aliphatic carbocycles. The van der Waals surface area contributed by atoms with E-state index >= 15 is 0 Å². The van der Waals surface area contributed by atoms with Crippen molar-refractivity contribution in [2.75, 3.05) is 6.61 Å². The molecule has 1 aliphatic rings. The van der Waals surface area contributed by atoms with Crippen molar-refractivity contribution in [1.82, 2.24) is 15.1 Å². The van der Waals surface area contributed by atoms with E-state index < -0.39 is 0 Å². The number of nitrogens with one attached hydrogen (secondary N) is 1. The molecule has 0 unspecified atom stereocenters. The molecule has 2 aromatic rings. The average Bonchev–Trinajstić information content (AvgIpc) is 2.83. The molecular weight excluding hydrogens is 278 g/mol. The average molecular weight is 299 g/mol. The van der Waals surface area contributed by atoms with E-state index in [4.69, 9.17) is 4.74 Å². The normalized spacial score (nSPS) is 17.2. The highest BCUT2D eigenvalue weighted by Gasteiger charge is 2.20. The van der Waals surface area contributed by atoms with Crippen LogP contribution in [0.25, 0.3) is 0 Å². The quantitative estimate of drug-likeness (QED) is 0.943. The van der Waals surface area contributed by atoms with E-state index in [2.05, 4.69) is 10.4 Å². The second-order valence-corrected chi connectivity index (χ2v) is 5.67. The van der Waals surface area contributed by atoms with E-state index in [1.54, 1.807) is 4.68 Å². The van der Waals surface area contributed by atoms with Crippen LogP contribution in [0.2, 0.25) is 0 Å². The van der Waals surface area contributed by atoms with E-state index in [1.165, 1.54) is 0 Å². The molecule has 0 radical (unpaired) electrons. The van der Waals surface area contributed by atoms with Crippen LogP contribution in [0.3, 0.4) is 0 Å². The van der Waals surface area contributed by atoms with Gasteiger partial charge in [0.2, 0.25) is 5.91 Å². The fraction of sp³-hybridized carbons (Fsp3) is 0.412. The van der Waals surface area contributed by atoms with Gasteiger partial charge < -0.3 is 10.1 Å². The number of nitrogens with zero attached hydrogens (tertiary/aromatic N) is 2. The van der Waals surface area contributed by atoms with Gasteiger partial charge in [-0.25, -0.2) is 0 Å². The van der Waals surface area contributed by atoms with Gasteiger partial charge in [0.1, 0.15) is 5.75 Å². The summed E-state index contributed by atoms with van der Waals surface area (Å²) in [6, 6.07) is 8.00. The number of ether oxygens (including phenoxy) is 1. The standard InChI is InChI=1S/C17H21N3O2/c1-20-12-13(11-18-20)8-9-17(21)19-15-6-4-10-22-16-7-3-2-5-14(15)16/h2-3,5,7,11-12,15H,4,6,8-10H2,1H3,(H,19,21)/t15-/m1/s1. The predicted octanol–water partition coefficient (Wildman–Crippen LogP) is 2.38. The van der Waals surface area contributed by atoms with E-state index in [1.807, 2.05) is 43.7 Å². The number of benzene rings is 1. The molecular formula is C17H21N3O2. The Morgan fingerprint density at radius 3 is 3.14 bits per heavy atom. The van der Waals surface area contributed by atoms with E-state index in [0.717, 1.165) is 29.7 Å². The van der Waals surface area contributed by atoms with Gasteiger partial charge in [0.15, 0.2) is 0 Å². The largest absolute Gasteiger partial charge is 0.493 e. The first kappa shape index (κ1) is 14.6. The van der Waals surface area contributed by atoms with Crippen molar-refractivity contribution in [2.45, 2.75) is 31.7 Å². The first-order valence-electron chi connectivity index (χ1n) is 7.71. The van der Waals surface area contributed by atoms with Crippen LogP contribution in [0.1, 0.15) is 36.4 Å². The van der Waals surface area contributed by atoms with E-state index in [9.17, 15) is 4.79 Å². The molecule has 1 aromatic heterocycles. The Kier molecular flexibility index (Phi) is 4.42. The minimum Gasteiger partial charge on any atom is -0.493 e. The van der Waals surface area contributed by atoms with Gasteiger partial charge in [-0.05, 0) is 30.9 Å². The SMILES string of the molecule is Cn1cc(CCC(=O)N[C@@H]2CCCOc3ccccc32)cn1. The Balaban J connectivity index is 1.61. The number of aromatic nitrogens is 2. The van der Waals surface area contributed by atoms with Crippen LogP contribution >= 0.6 is 0 Å². The van der Waals surface area contributed by atoms with Gasteiger partial charge in [-0.3, -0.25) is 9.48 Å². The van der Waals surface area contributed by atoms with Gasteiger partial charge in [0.25, 0.3) is 0 Å². The van der Waals surface area contributed by atoms with Crippen LogP contribution in [-0.2, 0) is 18.3 Å². The fourth-order valence-corrected chi connectivity index (χ4v) is 2.80. The zero-order valence-corrected chi connectivity index (χ0v) is 12.8. The smallest absolute Gasteiger partial charge is 0.220 e. The molecule has 0 bridgehead atoms. The van der Waals surface area contributed by atoms with Gasteiger partial charge in [-0.15, -0.1) is 0 Å². The number of aryl methyl sites for hydroxylation is 2. The maximum Gasteiger partial charge on any atom is 0.220 e. The van der Waals surface area contributed by atoms with Crippen molar-refractivity contribution in [3.8, 4) is 5.75 Å². The third-order valence-electron chi connectivity index (χ3n) is 3.92. The van der Waals surface area contributed by atoms with Gasteiger partial charge >= 0.3 is 0 Å². The van der Waals surface area contributed by atoms with Crippen molar-refractivity contribution in [1.29, 1.82) is 0 Å². The molecule has 1 aromatic carbocycles. The fourth-order valence-electron chi connectivity index (χ4n) is 2.80. The van der Waals surface area contributed by atoms with Crippen molar-refractivity contribution in [3.63, 3.8) is 0 Å². The van der Waals surface area contributed by atoms with Crippen molar-refractivity contribution < 1.29 is 9.53 Å². The maximum atomic E-state index is 12.2. The van der Waals surface area contributed by atoms with Crippen molar-refractivity contribution in [3.05, 3.63) is 47.8 Å². The second kappa shape index (κ2) is 6.64. The Labute approximate surface area is 130 Å². The molecule has 5 heteroatoms. The van der Waals surface area contributed by atoms with Crippen LogP contribution in [0.5, 0.6) is 5.75 Å². The molecule has 22 heavy (non-hydrogen) atoms. The lowest BCUT2D eigenvalue weighted by atomic mass is 10.0. The van der Waals surface area contributed by atoms with Gasteiger partial charge in [-0.2, -0.15) is 5.10 Å². The molecule has 1 N–H and O–H groups in total. The first-order chi connectivity index (χ1) is 10.7. The summed E-state index contributed by atoms with van der Waals surface area (Å²) in [7, 11) is 1.88. The van der Waals surface area contributed by atoms with Crippen LogP contribution in [0.15, 0.2) is 36.7 Å². The van der Waals surface area contributed by atoms with Crippen LogP contribution in [0, 0.1) is 0 Å². The summed E-state index contributed by atoms with van der Waals surface area (Å²) < 4.78 is 7.49. The number of amides is 1. The van der Waals surface area contributed by atoms with Crippen LogP contribution < -0.4 is 10.1 Å². The number of hydrogen-bond acceptors (Lipinski definition) is 3. The third kappa shape index (κ3) is 3.47. The number of rotatable bonds is 4. The summed E-state index contributed by atoms with van der Waals surface area (Å²) in [4.78, 5) is 12.2.